The molecule has 82 valence electrons. The molecule has 3 nitrogen and oxygen atoms in total. The number of carbonyl (C=O) groups is 1. The molecule has 0 aliphatic carbocycles. The van der Waals surface area contributed by atoms with Gasteiger partial charge in [-0.3, -0.25) is 0 Å². The van der Waals surface area contributed by atoms with E-state index in [0.29, 0.717) is 12.0 Å². The number of hydrogen-bond acceptors (Lipinski definition) is 3. The van der Waals surface area contributed by atoms with Gasteiger partial charge in [0.25, 0.3) is 0 Å². The number of hydrogen-bond donors (Lipinski definition) is 1. The van der Waals surface area contributed by atoms with E-state index >= 15 is 0 Å². The van der Waals surface area contributed by atoms with E-state index in [1.807, 2.05) is 0 Å². The minimum Gasteiger partial charge on any atom is -0.465 e. The minimum atomic E-state index is -0.541. The third-order valence-corrected chi connectivity index (χ3v) is 2.02. The molecular formula is C11H14FNO2. The lowest BCUT2D eigenvalue weighted by atomic mass is 10.0. The smallest absolute Gasteiger partial charge is 0.337 e. The van der Waals surface area contributed by atoms with Crippen molar-refractivity contribution in [3.63, 3.8) is 0 Å². The lowest BCUT2D eigenvalue weighted by Crippen LogP contribution is -2.18. The van der Waals surface area contributed by atoms with Gasteiger partial charge in [0.15, 0.2) is 0 Å². The Balaban J connectivity index is 2.93. The predicted molar refractivity (Wildman–Crippen MR) is 55.1 cm³/mol. The summed E-state index contributed by atoms with van der Waals surface area (Å²) in [4.78, 5) is 11.1. The molecule has 0 aliphatic heterocycles. The molecule has 1 aromatic rings. The van der Waals surface area contributed by atoms with Crippen molar-refractivity contribution in [1.82, 2.24) is 0 Å². The molecular weight excluding hydrogens is 197 g/mol. The van der Waals surface area contributed by atoms with Gasteiger partial charge in [-0.1, -0.05) is 6.07 Å². The van der Waals surface area contributed by atoms with Gasteiger partial charge >= 0.3 is 5.97 Å². The largest absolute Gasteiger partial charge is 0.465 e. The molecule has 0 amide bonds. The first-order chi connectivity index (χ1) is 7.04. The average molecular weight is 211 g/mol. The zero-order chi connectivity index (χ0) is 11.4. The van der Waals surface area contributed by atoms with E-state index in [2.05, 4.69) is 4.74 Å². The maximum atomic E-state index is 13.4. The summed E-state index contributed by atoms with van der Waals surface area (Å²) in [7, 11) is 1.26. The van der Waals surface area contributed by atoms with E-state index in [9.17, 15) is 9.18 Å². The average Bonchev–Trinajstić information content (AvgIpc) is 2.19. The van der Waals surface area contributed by atoms with Crippen LogP contribution in [0.1, 0.15) is 22.8 Å². The van der Waals surface area contributed by atoms with Crippen LogP contribution in [-0.4, -0.2) is 19.1 Å². The Morgan fingerprint density at radius 1 is 1.60 bits per heavy atom. The lowest BCUT2D eigenvalue weighted by molar-refractivity contribution is 0.0600. The molecule has 0 aliphatic rings. The fraction of sp³-hybridized carbons (Fsp3) is 0.364. The number of ether oxygens (including phenoxy) is 1. The Hall–Kier alpha value is -1.42. The normalized spacial score (nSPS) is 12.3. The summed E-state index contributed by atoms with van der Waals surface area (Å²) >= 11 is 0. The third-order valence-electron chi connectivity index (χ3n) is 2.02. The van der Waals surface area contributed by atoms with Crippen molar-refractivity contribution in [3.8, 4) is 0 Å². The number of benzene rings is 1. The van der Waals surface area contributed by atoms with Crippen molar-refractivity contribution in [1.29, 1.82) is 0 Å². The molecule has 1 aromatic carbocycles. The summed E-state index contributed by atoms with van der Waals surface area (Å²) in [5, 5.41) is 0. The summed E-state index contributed by atoms with van der Waals surface area (Å²) in [5.74, 6) is -0.962. The SMILES string of the molecule is COC(=O)c1ccc(CC(C)N)c(F)c1. The second kappa shape index (κ2) is 4.89. The molecule has 1 unspecified atom stereocenters. The van der Waals surface area contributed by atoms with Gasteiger partial charge in [-0.25, -0.2) is 9.18 Å². The molecule has 2 N–H and O–H groups in total. The standard InChI is InChI=1S/C11H14FNO2/c1-7(13)5-8-3-4-9(6-10(8)12)11(14)15-2/h3-4,6-7H,5,13H2,1-2H3. The van der Waals surface area contributed by atoms with Crippen molar-refractivity contribution >= 4 is 5.97 Å². The van der Waals surface area contributed by atoms with Crippen LogP contribution in [0.25, 0.3) is 0 Å². The highest BCUT2D eigenvalue weighted by atomic mass is 19.1. The monoisotopic (exact) mass is 211 g/mol. The molecule has 0 radical (unpaired) electrons. The van der Waals surface area contributed by atoms with Gasteiger partial charge in [-0.05, 0) is 31.0 Å². The van der Waals surface area contributed by atoms with Crippen LogP contribution in [0.4, 0.5) is 4.39 Å². The molecule has 1 rings (SSSR count). The van der Waals surface area contributed by atoms with Crippen LogP contribution in [0.5, 0.6) is 0 Å². The number of methoxy groups -OCH3 is 1. The van der Waals surface area contributed by atoms with Crippen LogP contribution in [0.2, 0.25) is 0 Å². The molecule has 0 aromatic heterocycles. The number of nitrogens with two attached hydrogens (primary N) is 1. The van der Waals surface area contributed by atoms with Crippen molar-refractivity contribution in [2.24, 2.45) is 5.73 Å². The summed E-state index contributed by atoms with van der Waals surface area (Å²) < 4.78 is 17.9. The maximum Gasteiger partial charge on any atom is 0.337 e. The molecule has 0 fully saturated rings. The van der Waals surface area contributed by atoms with Gasteiger partial charge in [-0.2, -0.15) is 0 Å². The van der Waals surface area contributed by atoms with E-state index in [1.54, 1.807) is 13.0 Å². The van der Waals surface area contributed by atoms with E-state index in [1.165, 1.54) is 19.2 Å². The summed E-state index contributed by atoms with van der Waals surface area (Å²) in [6.45, 7) is 1.80. The Bertz CT molecular complexity index is 364. The van der Waals surface area contributed by atoms with E-state index in [-0.39, 0.29) is 11.6 Å². The second-order valence-electron chi connectivity index (χ2n) is 3.48. The first-order valence-electron chi connectivity index (χ1n) is 4.67. The Labute approximate surface area is 88.0 Å². The molecule has 0 bridgehead atoms. The van der Waals surface area contributed by atoms with Crippen LogP contribution >= 0.6 is 0 Å². The highest BCUT2D eigenvalue weighted by Crippen LogP contribution is 2.12. The van der Waals surface area contributed by atoms with Crippen molar-refractivity contribution in [2.45, 2.75) is 19.4 Å². The van der Waals surface area contributed by atoms with Gasteiger partial charge < -0.3 is 10.5 Å². The first-order valence-corrected chi connectivity index (χ1v) is 4.67. The Morgan fingerprint density at radius 2 is 2.27 bits per heavy atom. The van der Waals surface area contributed by atoms with Gasteiger partial charge in [0.1, 0.15) is 5.82 Å². The number of rotatable bonds is 3. The summed E-state index contributed by atoms with van der Waals surface area (Å²) in [6, 6.07) is 4.16. The molecule has 4 heteroatoms. The molecule has 0 saturated carbocycles. The molecule has 0 heterocycles. The number of carbonyl (C=O) groups excluding carboxylic acids is 1. The predicted octanol–water partition coefficient (Wildman–Crippen LogP) is 1.50. The Kier molecular flexibility index (Phi) is 3.80. The second-order valence-corrected chi connectivity index (χ2v) is 3.48. The van der Waals surface area contributed by atoms with E-state index < -0.39 is 11.8 Å². The fourth-order valence-corrected chi connectivity index (χ4v) is 1.30. The third kappa shape index (κ3) is 3.02. The highest BCUT2D eigenvalue weighted by molar-refractivity contribution is 5.89. The minimum absolute atomic E-state index is 0.108. The van der Waals surface area contributed by atoms with Gasteiger partial charge in [-0.15, -0.1) is 0 Å². The first kappa shape index (κ1) is 11.7. The maximum absolute atomic E-state index is 13.4. The highest BCUT2D eigenvalue weighted by Gasteiger charge is 2.10. The number of halogens is 1. The van der Waals surface area contributed by atoms with Gasteiger partial charge in [0.2, 0.25) is 0 Å². The molecule has 0 saturated heterocycles. The summed E-state index contributed by atoms with van der Waals surface area (Å²) in [6.07, 6.45) is 0.452. The van der Waals surface area contributed by atoms with Crippen LogP contribution in [0.15, 0.2) is 18.2 Å². The van der Waals surface area contributed by atoms with Crippen molar-refractivity contribution in [3.05, 3.63) is 35.1 Å². The lowest BCUT2D eigenvalue weighted by Gasteiger charge is -2.07. The zero-order valence-corrected chi connectivity index (χ0v) is 8.79. The van der Waals surface area contributed by atoms with E-state index in [4.69, 9.17) is 5.73 Å². The fourth-order valence-electron chi connectivity index (χ4n) is 1.30. The van der Waals surface area contributed by atoms with Crippen molar-refractivity contribution in [2.75, 3.05) is 7.11 Å². The van der Waals surface area contributed by atoms with Crippen LogP contribution in [0, 0.1) is 5.82 Å². The van der Waals surface area contributed by atoms with Gasteiger partial charge in [0, 0.05) is 6.04 Å². The quantitative estimate of drug-likeness (QED) is 0.771. The van der Waals surface area contributed by atoms with E-state index in [0.717, 1.165) is 0 Å². The summed E-state index contributed by atoms with van der Waals surface area (Å²) in [5.41, 5.74) is 6.28. The molecule has 0 spiro atoms. The zero-order valence-electron chi connectivity index (χ0n) is 8.79. The van der Waals surface area contributed by atoms with Crippen LogP contribution in [-0.2, 0) is 11.2 Å². The number of esters is 1. The van der Waals surface area contributed by atoms with Crippen molar-refractivity contribution < 1.29 is 13.9 Å². The topological polar surface area (TPSA) is 52.3 Å². The molecule has 1 atom stereocenters. The van der Waals surface area contributed by atoms with Gasteiger partial charge in [0.05, 0.1) is 12.7 Å². The Morgan fingerprint density at radius 3 is 2.73 bits per heavy atom. The van der Waals surface area contributed by atoms with Crippen LogP contribution in [0.3, 0.4) is 0 Å². The van der Waals surface area contributed by atoms with Crippen LogP contribution < -0.4 is 5.73 Å². The molecule has 15 heavy (non-hydrogen) atoms.